The van der Waals surface area contributed by atoms with Crippen molar-refractivity contribution in [3.8, 4) is 0 Å². The molecule has 1 aliphatic rings. The third-order valence-corrected chi connectivity index (χ3v) is 4.66. The Hall–Kier alpha value is -2.15. The van der Waals surface area contributed by atoms with Crippen molar-refractivity contribution < 1.29 is 9.59 Å². The first-order valence-corrected chi connectivity index (χ1v) is 8.18. The van der Waals surface area contributed by atoms with Gasteiger partial charge in [0.1, 0.15) is 6.54 Å². The third kappa shape index (κ3) is 3.04. The van der Waals surface area contributed by atoms with Gasteiger partial charge in [-0.15, -0.1) is 0 Å². The molecule has 1 aromatic carbocycles. The summed E-state index contributed by atoms with van der Waals surface area (Å²) >= 11 is 1.44. The fraction of sp³-hybridized carbons (Fsp3) is 0.400. The van der Waals surface area contributed by atoms with Gasteiger partial charge >= 0.3 is 6.03 Å². The van der Waals surface area contributed by atoms with Crippen LogP contribution in [0.15, 0.2) is 24.3 Å². The average molecular weight is 318 g/mol. The summed E-state index contributed by atoms with van der Waals surface area (Å²) in [7, 11) is 0. The summed E-state index contributed by atoms with van der Waals surface area (Å²) in [5.74, 6) is -0.000509. The maximum atomic E-state index is 12.3. The Bertz CT molecular complexity index is 667. The van der Waals surface area contributed by atoms with Crippen LogP contribution in [0.5, 0.6) is 0 Å². The molecule has 0 unspecified atom stereocenters. The molecule has 6 nitrogen and oxygen atoms in total. The van der Waals surface area contributed by atoms with Crippen LogP contribution in [0.3, 0.4) is 0 Å². The Morgan fingerprint density at radius 1 is 1.36 bits per heavy atom. The molecule has 1 aromatic heterocycles. The largest absolute Gasteiger partial charge is 0.341 e. The number of thiazole rings is 1. The van der Waals surface area contributed by atoms with Gasteiger partial charge in [-0.1, -0.05) is 23.5 Å². The summed E-state index contributed by atoms with van der Waals surface area (Å²) in [5, 5.41) is 3.37. The number of carbonyl (C=O) groups is 2. The van der Waals surface area contributed by atoms with Gasteiger partial charge in [0.25, 0.3) is 0 Å². The van der Waals surface area contributed by atoms with Gasteiger partial charge in [-0.05, 0) is 25.5 Å². The number of amides is 3. The number of hydrogen-bond donors (Lipinski definition) is 1. The number of para-hydroxylation sites is 1. The van der Waals surface area contributed by atoms with Crippen LogP contribution >= 0.6 is 11.3 Å². The molecule has 2 heterocycles. The van der Waals surface area contributed by atoms with E-state index in [4.69, 9.17) is 0 Å². The number of carbonyl (C=O) groups excluding carboxylic acids is 2. The van der Waals surface area contributed by atoms with Crippen molar-refractivity contribution in [1.82, 2.24) is 14.8 Å². The summed E-state index contributed by atoms with van der Waals surface area (Å²) in [4.78, 5) is 32.1. The summed E-state index contributed by atoms with van der Waals surface area (Å²) in [6.07, 6.45) is 0.798. The van der Waals surface area contributed by atoms with Gasteiger partial charge in [0.15, 0.2) is 5.13 Å². The molecule has 1 saturated heterocycles. The lowest BCUT2D eigenvalue weighted by molar-refractivity contribution is -0.130. The summed E-state index contributed by atoms with van der Waals surface area (Å²) in [6, 6.07) is 7.48. The first kappa shape index (κ1) is 14.8. The zero-order chi connectivity index (χ0) is 15.5. The number of fused-ring (bicyclic) bond motifs is 1. The maximum Gasteiger partial charge on any atom is 0.324 e. The fourth-order valence-corrected chi connectivity index (χ4v) is 3.38. The molecule has 3 rings (SSSR count). The smallest absolute Gasteiger partial charge is 0.324 e. The Morgan fingerprint density at radius 2 is 2.18 bits per heavy atom. The quantitative estimate of drug-likeness (QED) is 0.924. The van der Waals surface area contributed by atoms with Crippen LogP contribution in [-0.4, -0.2) is 52.9 Å². The summed E-state index contributed by atoms with van der Waals surface area (Å²) in [5.41, 5.74) is 0.868. The van der Waals surface area contributed by atoms with Crippen molar-refractivity contribution in [3.05, 3.63) is 24.3 Å². The van der Waals surface area contributed by atoms with Crippen molar-refractivity contribution in [1.29, 1.82) is 0 Å². The van der Waals surface area contributed by atoms with Crippen molar-refractivity contribution in [2.45, 2.75) is 13.3 Å². The SMILES string of the molecule is CCN1CCCN(C(=O)Nc2nc3ccccc3s2)CC1=O. The monoisotopic (exact) mass is 318 g/mol. The van der Waals surface area contributed by atoms with E-state index in [1.807, 2.05) is 31.2 Å². The van der Waals surface area contributed by atoms with Crippen LogP contribution in [0.4, 0.5) is 9.93 Å². The topological polar surface area (TPSA) is 65.5 Å². The highest BCUT2D eigenvalue weighted by Gasteiger charge is 2.24. The van der Waals surface area contributed by atoms with E-state index in [1.54, 1.807) is 9.80 Å². The van der Waals surface area contributed by atoms with E-state index in [1.165, 1.54) is 11.3 Å². The molecule has 0 atom stereocenters. The Balaban J connectivity index is 1.69. The average Bonchev–Trinajstić information content (AvgIpc) is 2.81. The van der Waals surface area contributed by atoms with Gasteiger partial charge in [-0.3, -0.25) is 10.1 Å². The van der Waals surface area contributed by atoms with Crippen LogP contribution < -0.4 is 5.32 Å². The van der Waals surface area contributed by atoms with E-state index in [-0.39, 0.29) is 18.5 Å². The van der Waals surface area contributed by atoms with E-state index < -0.39 is 0 Å². The van der Waals surface area contributed by atoms with E-state index in [2.05, 4.69) is 10.3 Å². The van der Waals surface area contributed by atoms with Crippen molar-refractivity contribution in [2.24, 2.45) is 0 Å². The standard InChI is InChI=1S/C15H18N4O2S/c1-2-18-8-5-9-19(10-13(18)20)15(21)17-14-16-11-6-3-4-7-12(11)22-14/h3-4,6-7H,2,5,8-10H2,1H3,(H,16,17,21). The number of anilines is 1. The number of hydrogen-bond acceptors (Lipinski definition) is 4. The number of rotatable bonds is 2. The number of nitrogens with one attached hydrogen (secondary N) is 1. The van der Waals surface area contributed by atoms with Gasteiger partial charge in [-0.25, -0.2) is 9.78 Å². The molecule has 0 bridgehead atoms. The Kier molecular flexibility index (Phi) is 4.24. The van der Waals surface area contributed by atoms with Crippen molar-refractivity contribution in [2.75, 3.05) is 31.5 Å². The van der Waals surface area contributed by atoms with Gasteiger partial charge in [0, 0.05) is 19.6 Å². The lowest BCUT2D eigenvalue weighted by Crippen LogP contribution is -2.41. The van der Waals surface area contributed by atoms with Gasteiger partial charge in [-0.2, -0.15) is 0 Å². The third-order valence-electron chi connectivity index (χ3n) is 3.71. The number of likely N-dealkylation sites (N-methyl/N-ethyl adjacent to an activating group) is 1. The fourth-order valence-electron chi connectivity index (χ4n) is 2.52. The number of benzene rings is 1. The van der Waals surface area contributed by atoms with E-state index in [0.29, 0.717) is 24.8 Å². The van der Waals surface area contributed by atoms with Crippen LogP contribution in [0.25, 0.3) is 10.2 Å². The highest BCUT2D eigenvalue weighted by atomic mass is 32.1. The predicted octanol–water partition coefficient (Wildman–Crippen LogP) is 2.38. The molecule has 0 spiro atoms. The highest BCUT2D eigenvalue weighted by molar-refractivity contribution is 7.22. The van der Waals surface area contributed by atoms with Crippen LogP contribution in [0, 0.1) is 0 Å². The highest BCUT2D eigenvalue weighted by Crippen LogP contribution is 2.25. The van der Waals surface area contributed by atoms with E-state index in [0.717, 1.165) is 16.6 Å². The van der Waals surface area contributed by atoms with Gasteiger partial charge in [0.05, 0.1) is 10.2 Å². The van der Waals surface area contributed by atoms with Gasteiger partial charge < -0.3 is 9.80 Å². The second kappa shape index (κ2) is 6.31. The van der Waals surface area contributed by atoms with Crippen LogP contribution in [0.1, 0.15) is 13.3 Å². The molecular formula is C15H18N4O2S. The maximum absolute atomic E-state index is 12.3. The zero-order valence-electron chi connectivity index (χ0n) is 12.4. The summed E-state index contributed by atoms with van der Waals surface area (Å²) < 4.78 is 1.03. The van der Waals surface area contributed by atoms with Crippen LogP contribution in [-0.2, 0) is 4.79 Å². The van der Waals surface area contributed by atoms with Crippen molar-refractivity contribution in [3.63, 3.8) is 0 Å². The Morgan fingerprint density at radius 3 is 2.95 bits per heavy atom. The zero-order valence-corrected chi connectivity index (χ0v) is 13.2. The second-order valence-corrected chi connectivity index (χ2v) is 6.20. The molecule has 7 heteroatoms. The first-order chi connectivity index (χ1) is 10.7. The molecule has 22 heavy (non-hydrogen) atoms. The molecule has 3 amide bonds. The molecule has 0 saturated carbocycles. The Labute approximate surface area is 132 Å². The lowest BCUT2D eigenvalue weighted by Gasteiger charge is -2.20. The molecule has 1 aliphatic heterocycles. The minimum atomic E-state index is -0.259. The van der Waals surface area contributed by atoms with E-state index in [9.17, 15) is 9.59 Å². The predicted molar refractivity (Wildman–Crippen MR) is 87.1 cm³/mol. The second-order valence-electron chi connectivity index (χ2n) is 5.17. The van der Waals surface area contributed by atoms with E-state index >= 15 is 0 Å². The molecular weight excluding hydrogens is 300 g/mol. The number of urea groups is 1. The molecule has 116 valence electrons. The minimum Gasteiger partial charge on any atom is -0.341 e. The number of aromatic nitrogens is 1. The molecule has 2 aromatic rings. The number of nitrogens with zero attached hydrogens (tertiary/aromatic N) is 3. The lowest BCUT2D eigenvalue weighted by atomic mass is 10.3. The van der Waals surface area contributed by atoms with Gasteiger partial charge in [0.2, 0.25) is 5.91 Å². The molecule has 0 radical (unpaired) electrons. The normalized spacial score (nSPS) is 16.0. The molecule has 0 aliphatic carbocycles. The van der Waals surface area contributed by atoms with Crippen LogP contribution in [0.2, 0.25) is 0 Å². The van der Waals surface area contributed by atoms with Crippen molar-refractivity contribution >= 4 is 38.6 Å². The molecule has 1 N–H and O–H groups in total. The first-order valence-electron chi connectivity index (χ1n) is 7.36. The molecule has 1 fully saturated rings. The minimum absolute atomic E-state index is 0.000509. The summed E-state index contributed by atoms with van der Waals surface area (Å²) in [6.45, 7) is 4.06.